The van der Waals surface area contributed by atoms with Crippen molar-refractivity contribution in [3.05, 3.63) is 34.1 Å². The normalized spacial score (nSPS) is 22.2. The molecule has 0 saturated carbocycles. The second kappa shape index (κ2) is 4.60. The molecule has 1 saturated heterocycles. The van der Waals surface area contributed by atoms with E-state index in [1.807, 2.05) is 6.07 Å². The van der Waals surface area contributed by atoms with Gasteiger partial charge in [0.2, 0.25) is 0 Å². The molecule has 1 aliphatic heterocycles. The molecule has 0 amide bonds. The highest BCUT2D eigenvalue weighted by Gasteiger charge is 2.20. The van der Waals surface area contributed by atoms with Crippen LogP contribution in [0.15, 0.2) is 22.7 Å². The fraction of sp³-hybridized carbons (Fsp3) is 0.455. The van der Waals surface area contributed by atoms with Crippen molar-refractivity contribution < 1.29 is 4.39 Å². The molecule has 1 fully saturated rings. The number of likely N-dealkylation sites (tertiary alicyclic amines) is 1. The van der Waals surface area contributed by atoms with Gasteiger partial charge in [-0.3, -0.25) is 4.90 Å². The van der Waals surface area contributed by atoms with Gasteiger partial charge in [-0.05, 0) is 18.6 Å². The summed E-state index contributed by atoms with van der Waals surface area (Å²) >= 11 is 3.37. The number of hydrogen-bond acceptors (Lipinski definition) is 2. The van der Waals surface area contributed by atoms with E-state index in [-0.39, 0.29) is 11.9 Å². The lowest BCUT2D eigenvalue weighted by Gasteiger charge is -2.16. The van der Waals surface area contributed by atoms with Crippen molar-refractivity contribution in [2.45, 2.75) is 19.0 Å². The minimum absolute atomic E-state index is 0.148. The molecule has 1 aromatic carbocycles. The molecule has 0 aliphatic carbocycles. The van der Waals surface area contributed by atoms with Gasteiger partial charge in [0.25, 0.3) is 0 Å². The molecule has 0 radical (unpaired) electrons. The van der Waals surface area contributed by atoms with Crippen LogP contribution in [-0.2, 0) is 6.54 Å². The molecule has 0 unspecified atom stereocenters. The molecular weight excluding hydrogens is 259 g/mol. The Hall–Kier alpha value is -0.450. The Labute approximate surface area is 97.4 Å². The van der Waals surface area contributed by atoms with Gasteiger partial charge in [-0.2, -0.15) is 0 Å². The van der Waals surface area contributed by atoms with E-state index in [0.717, 1.165) is 29.5 Å². The largest absolute Gasteiger partial charge is 0.326 e. The third-order valence-corrected chi connectivity index (χ3v) is 3.50. The van der Waals surface area contributed by atoms with E-state index in [0.29, 0.717) is 6.54 Å². The molecule has 2 nitrogen and oxygen atoms in total. The lowest BCUT2D eigenvalue weighted by Crippen LogP contribution is -2.26. The quantitative estimate of drug-likeness (QED) is 0.894. The van der Waals surface area contributed by atoms with Crippen LogP contribution in [0.1, 0.15) is 12.0 Å². The van der Waals surface area contributed by atoms with Gasteiger partial charge in [-0.1, -0.05) is 22.0 Å². The van der Waals surface area contributed by atoms with Gasteiger partial charge in [-0.25, -0.2) is 4.39 Å². The van der Waals surface area contributed by atoms with Crippen molar-refractivity contribution in [3.63, 3.8) is 0 Å². The Kier molecular flexibility index (Phi) is 3.38. The summed E-state index contributed by atoms with van der Waals surface area (Å²) in [6.07, 6.45) is 1.01. The van der Waals surface area contributed by atoms with E-state index in [2.05, 4.69) is 20.8 Å². The molecule has 2 rings (SSSR count). The maximum absolute atomic E-state index is 13.5. The highest BCUT2D eigenvalue weighted by atomic mass is 79.9. The van der Waals surface area contributed by atoms with Crippen molar-refractivity contribution in [1.29, 1.82) is 0 Å². The zero-order chi connectivity index (χ0) is 10.8. The Morgan fingerprint density at radius 2 is 2.33 bits per heavy atom. The van der Waals surface area contributed by atoms with Crippen LogP contribution in [0, 0.1) is 5.82 Å². The standard InChI is InChI=1S/C11H14BrFN2/c12-10-2-1-3-11(13)9(10)7-15-5-4-8(14)6-15/h1-3,8H,4-7,14H2/t8-/m1/s1. The zero-order valence-corrected chi connectivity index (χ0v) is 10.0. The van der Waals surface area contributed by atoms with E-state index >= 15 is 0 Å². The first-order chi connectivity index (χ1) is 7.16. The maximum Gasteiger partial charge on any atom is 0.128 e. The first-order valence-electron chi connectivity index (χ1n) is 5.07. The summed E-state index contributed by atoms with van der Waals surface area (Å²) < 4.78 is 14.3. The second-order valence-corrected chi connectivity index (χ2v) is 4.84. The minimum atomic E-state index is -0.148. The van der Waals surface area contributed by atoms with Crippen LogP contribution < -0.4 is 5.73 Å². The average molecular weight is 273 g/mol. The number of hydrogen-bond donors (Lipinski definition) is 1. The van der Waals surface area contributed by atoms with Gasteiger partial charge in [-0.15, -0.1) is 0 Å². The lowest BCUT2D eigenvalue weighted by atomic mass is 10.2. The average Bonchev–Trinajstić information content (AvgIpc) is 2.58. The summed E-state index contributed by atoms with van der Waals surface area (Å²) in [7, 11) is 0. The number of benzene rings is 1. The number of nitrogens with zero attached hydrogens (tertiary/aromatic N) is 1. The van der Waals surface area contributed by atoms with E-state index in [4.69, 9.17) is 5.73 Å². The Morgan fingerprint density at radius 1 is 1.53 bits per heavy atom. The molecule has 0 bridgehead atoms. The smallest absolute Gasteiger partial charge is 0.128 e. The van der Waals surface area contributed by atoms with E-state index in [9.17, 15) is 4.39 Å². The van der Waals surface area contributed by atoms with Crippen LogP contribution in [0.5, 0.6) is 0 Å². The predicted octanol–water partition coefficient (Wildman–Crippen LogP) is 2.12. The van der Waals surface area contributed by atoms with Gasteiger partial charge in [0, 0.05) is 35.7 Å². The fourth-order valence-electron chi connectivity index (χ4n) is 1.91. The Bertz CT molecular complexity index is 336. The summed E-state index contributed by atoms with van der Waals surface area (Å²) in [5, 5.41) is 0. The second-order valence-electron chi connectivity index (χ2n) is 3.98. The van der Waals surface area contributed by atoms with Gasteiger partial charge in [0.1, 0.15) is 5.82 Å². The number of rotatable bonds is 2. The highest BCUT2D eigenvalue weighted by molar-refractivity contribution is 9.10. The zero-order valence-electron chi connectivity index (χ0n) is 8.42. The van der Waals surface area contributed by atoms with E-state index in [1.165, 1.54) is 6.07 Å². The van der Waals surface area contributed by atoms with Crippen LogP contribution in [0.2, 0.25) is 0 Å². The molecule has 1 aromatic rings. The van der Waals surface area contributed by atoms with Crippen LogP contribution in [-0.4, -0.2) is 24.0 Å². The van der Waals surface area contributed by atoms with Crippen LogP contribution in [0.3, 0.4) is 0 Å². The minimum Gasteiger partial charge on any atom is -0.326 e. The summed E-state index contributed by atoms with van der Waals surface area (Å²) in [5.41, 5.74) is 6.54. The van der Waals surface area contributed by atoms with Crippen LogP contribution >= 0.6 is 15.9 Å². The molecule has 1 atom stereocenters. The topological polar surface area (TPSA) is 29.3 Å². The third kappa shape index (κ3) is 2.56. The lowest BCUT2D eigenvalue weighted by molar-refractivity contribution is 0.320. The van der Waals surface area contributed by atoms with Gasteiger partial charge >= 0.3 is 0 Å². The fourth-order valence-corrected chi connectivity index (χ4v) is 2.38. The number of halogens is 2. The molecule has 0 spiro atoms. The maximum atomic E-state index is 13.5. The molecule has 2 N–H and O–H groups in total. The predicted molar refractivity (Wildman–Crippen MR) is 62.0 cm³/mol. The Morgan fingerprint density at radius 3 is 2.93 bits per heavy atom. The summed E-state index contributed by atoms with van der Waals surface area (Å²) in [4.78, 5) is 2.19. The van der Waals surface area contributed by atoms with Crippen LogP contribution in [0.4, 0.5) is 4.39 Å². The van der Waals surface area contributed by atoms with Crippen molar-refractivity contribution in [2.75, 3.05) is 13.1 Å². The molecule has 4 heteroatoms. The Balaban J connectivity index is 2.10. The third-order valence-electron chi connectivity index (χ3n) is 2.75. The molecular formula is C11H14BrFN2. The molecule has 0 aromatic heterocycles. The summed E-state index contributed by atoms with van der Waals surface area (Å²) in [6.45, 7) is 2.46. The first kappa shape index (κ1) is 11.0. The van der Waals surface area contributed by atoms with Crippen molar-refractivity contribution in [3.8, 4) is 0 Å². The number of nitrogens with two attached hydrogens (primary N) is 1. The van der Waals surface area contributed by atoms with Crippen LogP contribution in [0.25, 0.3) is 0 Å². The molecule has 15 heavy (non-hydrogen) atoms. The monoisotopic (exact) mass is 272 g/mol. The van der Waals surface area contributed by atoms with Gasteiger partial charge < -0.3 is 5.73 Å². The molecule has 1 aliphatic rings. The first-order valence-corrected chi connectivity index (χ1v) is 5.87. The van der Waals surface area contributed by atoms with Crippen molar-refractivity contribution in [1.82, 2.24) is 4.90 Å². The van der Waals surface area contributed by atoms with Crippen molar-refractivity contribution in [2.24, 2.45) is 5.73 Å². The summed E-state index contributed by atoms with van der Waals surface area (Å²) in [5.74, 6) is -0.148. The van der Waals surface area contributed by atoms with Gasteiger partial charge in [0.05, 0.1) is 0 Å². The highest BCUT2D eigenvalue weighted by Crippen LogP contribution is 2.22. The molecule has 1 heterocycles. The SMILES string of the molecule is N[C@@H]1CCN(Cc2c(F)cccc2Br)C1. The van der Waals surface area contributed by atoms with E-state index in [1.54, 1.807) is 6.07 Å². The molecule has 82 valence electrons. The van der Waals surface area contributed by atoms with Gasteiger partial charge in [0.15, 0.2) is 0 Å². The summed E-state index contributed by atoms with van der Waals surface area (Å²) in [6, 6.07) is 5.32. The van der Waals surface area contributed by atoms with E-state index < -0.39 is 0 Å². The van der Waals surface area contributed by atoms with Crippen molar-refractivity contribution >= 4 is 15.9 Å².